The summed E-state index contributed by atoms with van der Waals surface area (Å²) in [5, 5.41) is 3.00. The number of carbonyl (C=O) groups is 1. The van der Waals surface area contributed by atoms with Crippen LogP contribution in [0, 0.1) is 12.8 Å². The lowest BCUT2D eigenvalue weighted by Gasteiger charge is -2.18. The Bertz CT molecular complexity index is 390. The molecule has 18 heavy (non-hydrogen) atoms. The highest BCUT2D eigenvalue weighted by molar-refractivity contribution is 6.18. The van der Waals surface area contributed by atoms with Crippen molar-refractivity contribution < 1.29 is 4.79 Å². The van der Waals surface area contributed by atoms with Gasteiger partial charge in [-0.25, -0.2) is 0 Å². The molecule has 0 heterocycles. The van der Waals surface area contributed by atoms with Crippen molar-refractivity contribution in [3.63, 3.8) is 0 Å². The van der Waals surface area contributed by atoms with Crippen LogP contribution < -0.4 is 5.32 Å². The minimum Gasteiger partial charge on any atom is -0.352 e. The third kappa shape index (κ3) is 5.09. The molecule has 0 radical (unpaired) electrons. The monoisotopic (exact) mass is 267 g/mol. The summed E-state index contributed by atoms with van der Waals surface area (Å²) in [5.41, 5.74) is 2.23. The summed E-state index contributed by atoms with van der Waals surface area (Å²) >= 11 is 5.88. The minimum atomic E-state index is 0.0515. The second-order valence-electron chi connectivity index (χ2n) is 5.15. The van der Waals surface area contributed by atoms with Gasteiger partial charge in [0.25, 0.3) is 0 Å². The Balaban J connectivity index is 2.53. The molecule has 0 saturated heterocycles. The number of nitrogens with one attached hydrogen (secondary N) is 1. The number of amides is 1. The highest BCUT2D eigenvalue weighted by atomic mass is 35.5. The van der Waals surface area contributed by atoms with E-state index in [0.29, 0.717) is 18.2 Å². The van der Waals surface area contributed by atoms with Crippen LogP contribution in [0.3, 0.4) is 0 Å². The Hall–Kier alpha value is -1.02. The Morgan fingerprint density at radius 3 is 2.56 bits per heavy atom. The lowest BCUT2D eigenvalue weighted by Crippen LogP contribution is -2.38. The number of carbonyl (C=O) groups excluding carboxylic acids is 1. The first kappa shape index (κ1) is 15.0. The first-order valence-electron chi connectivity index (χ1n) is 6.42. The van der Waals surface area contributed by atoms with Gasteiger partial charge >= 0.3 is 0 Å². The van der Waals surface area contributed by atoms with Gasteiger partial charge in [-0.15, -0.1) is 11.6 Å². The van der Waals surface area contributed by atoms with Gasteiger partial charge in [-0.3, -0.25) is 4.79 Å². The molecule has 2 nitrogen and oxygen atoms in total. The van der Waals surface area contributed by atoms with Crippen LogP contribution >= 0.6 is 11.6 Å². The van der Waals surface area contributed by atoms with Crippen LogP contribution in [0.4, 0.5) is 0 Å². The molecule has 1 atom stereocenters. The van der Waals surface area contributed by atoms with E-state index in [4.69, 9.17) is 11.6 Å². The van der Waals surface area contributed by atoms with E-state index in [1.165, 1.54) is 0 Å². The number of hydrogen-bond donors (Lipinski definition) is 1. The zero-order chi connectivity index (χ0) is 13.5. The zero-order valence-corrected chi connectivity index (χ0v) is 12.1. The van der Waals surface area contributed by atoms with Gasteiger partial charge in [0.15, 0.2) is 0 Å². The standard InChI is InChI=1S/C15H22ClNO/c1-11(2)8-14(10-16)17-15(18)9-13-7-5-4-6-12(13)3/h4-7,11,14H,8-10H2,1-3H3,(H,17,18). The topological polar surface area (TPSA) is 29.1 Å². The summed E-state index contributed by atoms with van der Waals surface area (Å²) in [6, 6.07) is 8.03. The summed E-state index contributed by atoms with van der Waals surface area (Å²) in [6.45, 7) is 6.29. The van der Waals surface area contributed by atoms with Crippen molar-refractivity contribution >= 4 is 17.5 Å². The molecule has 0 fully saturated rings. The van der Waals surface area contributed by atoms with E-state index in [-0.39, 0.29) is 11.9 Å². The highest BCUT2D eigenvalue weighted by Gasteiger charge is 2.13. The first-order valence-corrected chi connectivity index (χ1v) is 6.96. The van der Waals surface area contributed by atoms with Crippen LogP contribution in [-0.4, -0.2) is 17.8 Å². The van der Waals surface area contributed by atoms with Crippen molar-refractivity contribution in [2.75, 3.05) is 5.88 Å². The predicted molar refractivity (Wildman–Crippen MR) is 77.0 cm³/mol. The molecule has 1 amide bonds. The van der Waals surface area contributed by atoms with Crippen molar-refractivity contribution in [3.05, 3.63) is 35.4 Å². The fourth-order valence-corrected chi connectivity index (χ4v) is 2.19. The molecular weight excluding hydrogens is 246 g/mol. The van der Waals surface area contributed by atoms with Crippen molar-refractivity contribution in [1.82, 2.24) is 5.32 Å². The molecule has 1 N–H and O–H groups in total. The van der Waals surface area contributed by atoms with E-state index < -0.39 is 0 Å². The van der Waals surface area contributed by atoms with Gasteiger partial charge in [-0.1, -0.05) is 38.1 Å². The highest BCUT2D eigenvalue weighted by Crippen LogP contribution is 2.09. The summed E-state index contributed by atoms with van der Waals surface area (Å²) in [7, 11) is 0. The summed E-state index contributed by atoms with van der Waals surface area (Å²) in [4.78, 5) is 11.9. The normalized spacial score (nSPS) is 12.5. The van der Waals surface area contributed by atoms with E-state index >= 15 is 0 Å². The fraction of sp³-hybridized carbons (Fsp3) is 0.533. The molecule has 0 saturated carbocycles. The van der Waals surface area contributed by atoms with Crippen LogP contribution in [0.25, 0.3) is 0 Å². The lowest BCUT2D eigenvalue weighted by atomic mass is 10.0. The minimum absolute atomic E-state index is 0.0515. The number of aryl methyl sites for hydroxylation is 1. The van der Waals surface area contributed by atoms with Crippen molar-refractivity contribution in [2.45, 2.75) is 39.7 Å². The van der Waals surface area contributed by atoms with Gasteiger partial charge in [0.1, 0.15) is 0 Å². The van der Waals surface area contributed by atoms with Gasteiger partial charge in [0.05, 0.1) is 6.42 Å². The Morgan fingerprint density at radius 2 is 2.00 bits per heavy atom. The molecule has 1 aromatic rings. The van der Waals surface area contributed by atoms with Gasteiger partial charge in [-0.2, -0.15) is 0 Å². The van der Waals surface area contributed by atoms with E-state index in [1.54, 1.807) is 0 Å². The largest absolute Gasteiger partial charge is 0.352 e. The molecule has 3 heteroatoms. The van der Waals surface area contributed by atoms with E-state index in [1.807, 2.05) is 31.2 Å². The lowest BCUT2D eigenvalue weighted by molar-refractivity contribution is -0.121. The van der Waals surface area contributed by atoms with E-state index in [2.05, 4.69) is 19.2 Å². The molecule has 100 valence electrons. The zero-order valence-electron chi connectivity index (χ0n) is 11.4. The van der Waals surface area contributed by atoms with Crippen LogP contribution in [-0.2, 0) is 11.2 Å². The molecule has 0 spiro atoms. The average molecular weight is 268 g/mol. The summed E-state index contributed by atoms with van der Waals surface area (Å²) in [6.07, 6.45) is 1.35. The first-order chi connectivity index (χ1) is 8.52. The second kappa shape index (κ2) is 7.42. The molecule has 1 unspecified atom stereocenters. The predicted octanol–water partition coefficient (Wildman–Crippen LogP) is 3.31. The third-order valence-electron chi connectivity index (χ3n) is 2.92. The van der Waals surface area contributed by atoms with Gasteiger partial charge in [0, 0.05) is 11.9 Å². The van der Waals surface area contributed by atoms with Crippen molar-refractivity contribution in [2.24, 2.45) is 5.92 Å². The van der Waals surface area contributed by atoms with Crippen LogP contribution in [0.5, 0.6) is 0 Å². The van der Waals surface area contributed by atoms with Crippen LogP contribution in [0.1, 0.15) is 31.4 Å². The van der Waals surface area contributed by atoms with E-state index in [0.717, 1.165) is 17.5 Å². The third-order valence-corrected chi connectivity index (χ3v) is 3.29. The fourth-order valence-electron chi connectivity index (χ4n) is 1.99. The molecule has 0 aliphatic rings. The Kier molecular flexibility index (Phi) is 6.20. The van der Waals surface area contributed by atoms with Gasteiger partial charge in [0.2, 0.25) is 5.91 Å². The quantitative estimate of drug-likeness (QED) is 0.788. The number of alkyl halides is 1. The van der Waals surface area contributed by atoms with Crippen molar-refractivity contribution in [1.29, 1.82) is 0 Å². The SMILES string of the molecule is Cc1ccccc1CC(=O)NC(CCl)CC(C)C. The Labute approximate surface area is 115 Å². The van der Waals surface area contributed by atoms with Gasteiger partial charge in [-0.05, 0) is 30.4 Å². The maximum atomic E-state index is 11.9. The molecule has 1 aromatic carbocycles. The molecule has 1 rings (SSSR count). The molecular formula is C15H22ClNO. The summed E-state index contributed by atoms with van der Waals surface area (Å²) in [5.74, 6) is 1.06. The second-order valence-corrected chi connectivity index (χ2v) is 5.46. The maximum absolute atomic E-state index is 11.9. The molecule has 0 aliphatic carbocycles. The smallest absolute Gasteiger partial charge is 0.224 e. The molecule has 0 bridgehead atoms. The number of rotatable bonds is 6. The van der Waals surface area contributed by atoms with Crippen molar-refractivity contribution in [3.8, 4) is 0 Å². The Morgan fingerprint density at radius 1 is 1.33 bits per heavy atom. The van der Waals surface area contributed by atoms with E-state index in [9.17, 15) is 4.79 Å². The van der Waals surface area contributed by atoms with Gasteiger partial charge < -0.3 is 5.32 Å². The maximum Gasteiger partial charge on any atom is 0.224 e. The van der Waals surface area contributed by atoms with Crippen LogP contribution in [0.2, 0.25) is 0 Å². The number of benzene rings is 1. The number of hydrogen-bond acceptors (Lipinski definition) is 1. The number of halogens is 1. The molecule has 0 aliphatic heterocycles. The average Bonchev–Trinajstić information content (AvgIpc) is 2.30. The molecule has 0 aromatic heterocycles. The summed E-state index contributed by atoms with van der Waals surface area (Å²) < 4.78 is 0. The van der Waals surface area contributed by atoms with Crippen LogP contribution in [0.15, 0.2) is 24.3 Å².